The lowest BCUT2D eigenvalue weighted by molar-refractivity contribution is -0.136. The van der Waals surface area contributed by atoms with Crippen LogP contribution in [0.4, 0.5) is 0 Å². The van der Waals surface area contributed by atoms with Crippen LogP contribution in [0, 0.1) is 6.92 Å². The van der Waals surface area contributed by atoms with Crippen molar-refractivity contribution in [1.82, 2.24) is 4.90 Å². The highest BCUT2D eigenvalue weighted by Crippen LogP contribution is 2.35. The molecule has 1 saturated heterocycles. The fraction of sp³-hybridized carbons (Fsp3) is 0.526. The number of likely N-dealkylation sites (tertiary alicyclic amines) is 1. The minimum Gasteiger partial charge on any atom is -0.493 e. The monoisotopic (exact) mass is 315 g/mol. The van der Waals surface area contributed by atoms with E-state index in [0.29, 0.717) is 23.8 Å². The summed E-state index contributed by atoms with van der Waals surface area (Å²) in [4.78, 5) is 14.3. The first-order valence-corrected chi connectivity index (χ1v) is 8.34. The Bertz CT molecular complexity index is 623. The summed E-state index contributed by atoms with van der Waals surface area (Å²) in [7, 11) is 1.42. The summed E-state index contributed by atoms with van der Waals surface area (Å²) in [6, 6.07) is 9.08. The van der Waals surface area contributed by atoms with Crippen molar-refractivity contribution >= 4 is 5.97 Å². The van der Waals surface area contributed by atoms with E-state index in [4.69, 9.17) is 9.47 Å². The summed E-state index contributed by atoms with van der Waals surface area (Å²) in [5.74, 6) is 0.454. The van der Waals surface area contributed by atoms with E-state index in [0.717, 1.165) is 13.1 Å². The van der Waals surface area contributed by atoms with Gasteiger partial charge in [0.25, 0.3) is 0 Å². The van der Waals surface area contributed by atoms with Gasteiger partial charge in [-0.3, -0.25) is 4.90 Å². The fourth-order valence-corrected chi connectivity index (χ4v) is 3.81. The average Bonchev–Trinajstić information content (AvgIpc) is 3.14. The van der Waals surface area contributed by atoms with Gasteiger partial charge in [-0.15, -0.1) is 0 Å². The summed E-state index contributed by atoms with van der Waals surface area (Å²) < 4.78 is 10.7. The summed E-state index contributed by atoms with van der Waals surface area (Å²) in [6.07, 6.45) is 3.10. The smallest absolute Gasteiger partial charge is 0.337 e. The molecule has 0 unspecified atom stereocenters. The predicted molar refractivity (Wildman–Crippen MR) is 88.9 cm³/mol. The van der Waals surface area contributed by atoms with Crippen molar-refractivity contribution in [1.29, 1.82) is 0 Å². The van der Waals surface area contributed by atoms with E-state index >= 15 is 0 Å². The molecular formula is C19H25NO3. The third-order valence-electron chi connectivity index (χ3n) is 4.98. The Hall–Kier alpha value is -1.81. The van der Waals surface area contributed by atoms with Gasteiger partial charge >= 0.3 is 5.97 Å². The SMILES string of the molecule is COC(=O)C1=C(C)O[C@@H](CN2CCC[C@H]2c2ccccc2C)C1. The van der Waals surface area contributed by atoms with Gasteiger partial charge in [-0.25, -0.2) is 4.79 Å². The molecule has 2 atom stereocenters. The molecule has 2 aliphatic rings. The molecule has 0 aromatic heterocycles. The van der Waals surface area contributed by atoms with Crippen molar-refractivity contribution in [2.75, 3.05) is 20.2 Å². The number of hydrogen-bond acceptors (Lipinski definition) is 4. The molecule has 2 aliphatic heterocycles. The van der Waals surface area contributed by atoms with Gasteiger partial charge in [-0.05, 0) is 44.4 Å². The summed E-state index contributed by atoms with van der Waals surface area (Å²) >= 11 is 0. The number of carbonyl (C=O) groups excluding carboxylic acids is 1. The molecule has 4 nitrogen and oxygen atoms in total. The molecule has 0 aliphatic carbocycles. The highest BCUT2D eigenvalue weighted by molar-refractivity contribution is 5.89. The molecule has 0 bridgehead atoms. The topological polar surface area (TPSA) is 38.8 Å². The third-order valence-corrected chi connectivity index (χ3v) is 4.98. The largest absolute Gasteiger partial charge is 0.493 e. The van der Waals surface area contributed by atoms with Gasteiger partial charge in [-0.1, -0.05) is 24.3 Å². The summed E-state index contributed by atoms with van der Waals surface area (Å²) in [6.45, 7) is 5.98. The van der Waals surface area contributed by atoms with Crippen LogP contribution in [-0.4, -0.2) is 37.2 Å². The highest BCUT2D eigenvalue weighted by atomic mass is 16.5. The second kappa shape index (κ2) is 6.75. The molecule has 1 fully saturated rings. The second-order valence-electron chi connectivity index (χ2n) is 6.48. The Morgan fingerprint density at radius 2 is 2.13 bits per heavy atom. The quantitative estimate of drug-likeness (QED) is 0.799. The van der Waals surface area contributed by atoms with E-state index in [1.54, 1.807) is 0 Å². The van der Waals surface area contributed by atoms with Crippen LogP contribution < -0.4 is 0 Å². The van der Waals surface area contributed by atoms with Crippen LogP contribution in [0.1, 0.15) is 43.4 Å². The predicted octanol–water partition coefficient (Wildman–Crippen LogP) is 3.37. The molecule has 0 N–H and O–H groups in total. The van der Waals surface area contributed by atoms with Crippen molar-refractivity contribution in [3.8, 4) is 0 Å². The van der Waals surface area contributed by atoms with Gasteiger partial charge in [0.1, 0.15) is 11.9 Å². The number of aryl methyl sites for hydroxylation is 1. The maximum atomic E-state index is 11.8. The number of ether oxygens (including phenoxy) is 2. The zero-order chi connectivity index (χ0) is 16.4. The molecule has 0 spiro atoms. The molecular weight excluding hydrogens is 290 g/mol. The van der Waals surface area contributed by atoms with E-state index < -0.39 is 0 Å². The Balaban J connectivity index is 1.67. The molecule has 0 radical (unpaired) electrons. The van der Waals surface area contributed by atoms with E-state index in [-0.39, 0.29) is 12.1 Å². The summed E-state index contributed by atoms with van der Waals surface area (Å²) in [5, 5.41) is 0. The average molecular weight is 315 g/mol. The van der Waals surface area contributed by atoms with Gasteiger partial charge < -0.3 is 9.47 Å². The van der Waals surface area contributed by atoms with Gasteiger partial charge in [0, 0.05) is 19.0 Å². The Morgan fingerprint density at radius 1 is 1.35 bits per heavy atom. The van der Waals surface area contributed by atoms with Crippen molar-refractivity contribution in [3.05, 3.63) is 46.7 Å². The van der Waals surface area contributed by atoms with Crippen molar-refractivity contribution in [3.63, 3.8) is 0 Å². The number of allylic oxidation sites excluding steroid dienone is 1. The number of carbonyl (C=O) groups is 1. The number of nitrogens with zero attached hydrogens (tertiary/aromatic N) is 1. The molecule has 0 saturated carbocycles. The first-order chi connectivity index (χ1) is 11.1. The van der Waals surface area contributed by atoms with Gasteiger partial charge in [-0.2, -0.15) is 0 Å². The van der Waals surface area contributed by atoms with Crippen LogP contribution in [0.15, 0.2) is 35.6 Å². The summed E-state index contributed by atoms with van der Waals surface area (Å²) in [5.41, 5.74) is 3.45. The lowest BCUT2D eigenvalue weighted by Gasteiger charge is -2.28. The van der Waals surface area contributed by atoms with E-state index in [1.807, 2.05) is 6.92 Å². The minimum absolute atomic E-state index is 0.0497. The lowest BCUT2D eigenvalue weighted by atomic mass is 9.99. The number of benzene rings is 1. The first kappa shape index (κ1) is 16.1. The zero-order valence-electron chi connectivity index (χ0n) is 14.2. The Labute approximate surface area is 138 Å². The van der Waals surface area contributed by atoms with E-state index in [1.165, 1.54) is 31.1 Å². The van der Waals surface area contributed by atoms with Crippen LogP contribution in [0.5, 0.6) is 0 Å². The van der Waals surface area contributed by atoms with Crippen molar-refractivity contribution in [2.24, 2.45) is 0 Å². The van der Waals surface area contributed by atoms with E-state index in [2.05, 4.69) is 36.1 Å². The Kier molecular flexibility index (Phi) is 4.71. The molecule has 3 rings (SSSR count). The van der Waals surface area contributed by atoms with Crippen molar-refractivity contribution in [2.45, 2.75) is 45.3 Å². The molecule has 124 valence electrons. The van der Waals surface area contributed by atoms with Gasteiger partial charge in [0.15, 0.2) is 0 Å². The third kappa shape index (κ3) is 3.27. The molecule has 2 heterocycles. The van der Waals surface area contributed by atoms with Gasteiger partial charge in [0.05, 0.1) is 12.7 Å². The molecule has 1 aromatic carbocycles. The number of hydrogen-bond donors (Lipinski definition) is 0. The molecule has 0 amide bonds. The number of rotatable bonds is 4. The highest BCUT2D eigenvalue weighted by Gasteiger charge is 2.34. The lowest BCUT2D eigenvalue weighted by Crippen LogP contribution is -2.32. The van der Waals surface area contributed by atoms with Gasteiger partial charge in [0.2, 0.25) is 0 Å². The van der Waals surface area contributed by atoms with Crippen LogP contribution >= 0.6 is 0 Å². The zero-order valence-corrected chi connectivity index (χ0v) is 14.2. The minimum atomic E-state index is -0.262. The van der Waals surface area contributed by atoms with Crippen LogP contribution in [0.2, 0.25) is 0 Å². The molecule has 1 aromatic rings. The first-order valence-electron chi connectivity index (χ1n) is 8.34. The van der Waals surface area contributed by atoms with Crippen LogP contribution in [-0.2, 0) is 14.3 Å². The van der Waals surface area contributed by atoms with E-state index in [9.17, 15) is 4.79 Å². The fourth-order valence-electron chi connectivity index (χ4n) is 3.81. The maximum absolute atomic E-state index is 11.8. The normalized spacial score (nSPS) is 24.8. The second-order valence-corrected chi connectivity index (χ2v) is 6.48. The molecule has 23 heavy (non-hydrogen) atoms. The number of esters is 1. The van der Waals surface area contributed by atoms with Crippen LogP contribution in [0.3, 0.4) is 0 Å². The maximum Gasteiger partial charge on any atom is 0.337 e. The Morgan fingerprint density at radius 3 is 2.87 bits per heavy atom. The standard InChI is InChI=1S/C19H25NO3/c1-13-7-4-5-8-16(13)18-9-6-10-20(18)12-15-11-17(14(2)23-15)19(21)22-3/h4-5,7-8,15,18H,6,9-12H2,1-3H3/t15-,18+/m1/s1. The van der Waals surface area contributed by atoms with Crippen LogP contribution in [0.25, 0.3) is 0 Å². The molecule has 4 heteroatoms. The number of methoxy groups -OCH3 is 1. The van der Waals surface area contributed by atoms with Crippen molar-refractivity contribution < 1.29 is 14.3 Å².